The zero-order chi connectivity index (χ0) is 18.7. The second-order valence-electron chi connectivity index (χ2n) is 5.68. The smallest absolute Gasteiger partial charge is 0.337 e. The molecule has 0 atom stereocenters. The molecule has 1 aliphatic rings. The molecule has 9 heteroatoms. The van der Waals surface area contributed by atoms with E-state index in [1.165, 1.54) is 36.6 Å². The number of carbonyl (C=O) groups excluding carboxylic acids is 3. The zero-order valence-corrected chi connectivity index (χ0v) is 15.5. The zero-order valence-electron chi connectivity index (χ0n) is 14.0. The Labute approximate surface area is 158 Å². The number of esters is 1. The Morgan fingerprint density at radius 2 is 2.23 bits per heavy atom. The molecule has 0 saturated carbocycles. The van der Waals surface area contributed by atoms with Crippen molar-refractivity contribution in [3.05, 3.63) is 39.9 Å². The third-order valence-electron chi connectivity index (χ3n) is 3.85. The van der Waals surface area contributed by atoms with Gasteiger partial charge in [-0.3, -0.25) is 14.5 Å². The van der Waals surface area contributed by atoms with Gasteiger partial charge >= 0.3 is 5.97 Å². The van der Waals surface area contributed by atoms with Crippen LogP contribution in [0.2, 0.25) is 5.02 Å². The van der Waals surface area contributed by atoms with E-state index in [2.05, 4.69) is 15.0 Å². The molecule has 1 aromatic carbocycles. The molecule has 3 rings (SSSR count). The Bertz CT molecular complexity index is 867. The van der Waals surface area contributed by atoms with Crippen LogP contribution in [0, 0.1) is 0 Å². The first-order chi connectivity index (χ1) is 12.5. The lowest BCUT2D eigenvalue weighted by molar-refractivity contribution is -0.117. The van der Waals surface area contributed by atoms with E-state index >= 15 is 0 Å². The van der Waals surface area contributed by atoms with Crippen molar-refractivity contribution in [3.8, 4) is 0 Å². The maximum absolute atomic E-state index is 12.3. The molecular weight excluding hydrogens is 378 g/mol. The summed E-state index contributed by atoms with van der Waals surface area (Å²) in [6.45, 7) is 0.661. The van der Waals surface area contributed by atoms with Gasteiger partial charge in [0.1, 0.15) is 0 Å². The summed E-state index contributed by atoms with van der Waals surface area (Å²) < 4.78 is 4.66. The maximum Gasteiger partial charge on any atom is 0.337 e. The van der Waals surface area contributed by atoms with Gasteiger partial charge in [0.25, 0.3) is 0 Å². The summed E-state index contributed by atoms with van der Waals surface area (Å²) in [5.74, 6) is -0.781. The van der Waals surface area contributed by atoms with E-state index in [1.54, 1.807) is 10.3 Å². The minimum atomic E-state index is -0.517. The molecule has 2 heterocycles. The Kier molecular flexibility index (Phi) is 5.53. The molecule has 0 radical (unpaired) electrons. The minimum Gasteiger partial charge on any atom is -0.465 e. The lowest BCUT2D eigenvalue weighted by Gasteiger charge is -2.10. The standard InChI is InChI=1S/C17H16ClN3O4S/c1-25-16(24)10-4-5-12(18)13(7-10)20-14(22)8-11-9-26-17(19-11)21-6-2-3-15(21)23/h4-5,7,9H,2-3,6,8H2,1H3,(H,20,22). The number of hydrogen-bond donors (Lipinski definition) is 1. The molecule has 136 valence electrons. The average molecular weight is 394 g/mol. The Hall–Kier alpha value is -2.45. The van der Waals surface area contributed by atoms with Gasteiger partial charge in [-0.1, -0.05) is 11.6 Å². The fraction of sp³-hybridized carbons (Fsp3) is 0.294. The quantitative estimate of drug-likeness (QED) is 0.789. The second kappa shape index (κ2) is 7.84. The maximum atomic E-state index is 12.3. The Morgan fingerprint density at radius 3 is 2.92 bits per heavy atom. The Morgan fingerprint density at radius 1 is 1.42 bits per heavy atom. The van der Waals surface area contributed by atoms with Crippen molar-refractivity contribution in [2.75, 3.05) is 23.9 Å². The summed E-state index contributed by atoms with van der Waals surface area (Å²) in [5, 5.41) is 5.35. The van der Waals surface area contributed by atoms with Crippen LogP contribution >= 0.6 is 22.9 Å². The van der Waals surface area contributed by atoms with Crippen LogP contribution in [0.3, 0.4) is 0 Å². The van der Waals surface area contributed by atoms with Crippen LogP contribution in [0.25, 0.3) is 0 Å². The number of amides is 2. The van der Waals surface area contributed by atoms with Crippen molar-refractivity contribution in [2.45, 2.75) is 19.3 Å². The molecule has 2 aromatic rings. The highest BCUT2D eigenvalue weighted by molar-refractivity contribution is 7.14. The number of hydrogen-bond acceptors (Lipinski definition) is 6. The van der Waals surface area contributed by atoms with Crippen molar-refractivity contribution in [1.29, 1.82) is 0 Å². The number of rotatable bonds is 5. The molecule has 0 bridgehead atoms. The van der Waals surface area contributed by atoms with Crippen molar-refractivity contribution in [2.24, 2.45) is 0 Å². The highest BCUT2D eigenvalue weighted by Crippen LogP contribution is 2.26. The highest BCUT2D eigenvalue weighted by Gasteiger charge is 2.24. The summed E-state index contributed by atoms with van der Waals surface area (Å²) in [7, 11) is 1.28. The first kappa shape index (κ1) is 18.3. The van der Waals surface area contributed by atoms with Crippen LogP contribution in [-0.2, 0) is 20.7 Å². The lowest BCUT2D eigenvalue weighted by Crippen LogP contribution is -2.23. The molecule has 1 aliphatic heterocycles. The van der Waals surface area contributed by atoms with E-state index in [4.69, 9.17) is 11.6 Å². The molecular formula is C17H16ClN3O4S. The second-order valence-corrected chi connectivity index (χ2v) is 6.93. The first-order valence-corrected chi connectivity index (χ1v) is 9.16. The van der Waals surface area contributed by atoms with Gasteiger partial charge < -0.3 is 10.1 Å². The minimum absolute atomic E-state index is 0.0390. The largest absolute Gasteiger partial charge is 0.465 e. The van der Waals surface area contributed by atoms with Crippen molar-refractivity contribution >= 4 is 51.5 Å². The Balaban J connectivity index is 1.67. The van der Waals surface area contributed by atoms with Crippen molar-refractivity contribution < 1.29 is 19.1 Å². The highest BCUT2D eigenvalue weighted by atomic mass is 35.5. The molecule has 1 saturated heterocycles. The van der Waals surface area contributed by atoms with E-state index < -0.39 is 5.97 Å². The van der Waals surface area contributed by atoms with E-state index in [0.29, 0.717) is 34.5 Å². The van der Waals surface area contributed by atoms with Crippen LogP contribution in [0.4, 0.5) is 10.8 Å². The van der Waals surface area contributed by atoms with Crippen LogP contribution < -0.4 is 10.2 Å². The average Bonchev–Trinajstić information content (AvgIpc) is 3.24. The normalized spacial score (nSPS) is 13.8. The van der Waals surface area contributed by atoms with Gasteiger partial charge in [-0.05, 0) is 24.6 Å². The molecule has 1 aromatic heterocycles. The third-order valence-corrected chi connectivity index (χ3v) is 5.09. The summed E-state index contributed by atoms with van der Waals surface area (Å²) in [6, 6.07) is 4.49. The van der Waals surface area contributed by atoms with Gasteiger partial charge in [0.2, 0.25) is 11.8 Å². The molecule has 1 N–H and O–H groups in total. The van der Waals surface area contributed by atoms with Crippen LogP contribution in [-0.4, -0.2) is 36.4 Å². The fourth-order valence-electron chi connectivity index (χ4n) is 2.58. The molecule has 7 nitrogen and oxygen atoms in total. The van der Waals surface area contributed by atoms with Crippen molar-refractivity contribution in [3.63, 3.8) is 0 Å². The summed E-state index contributed by atoms with van der Waals surface area (Å²) in [5.41, 5.74) is 1.18. The molecule has 0 spiro atoms. The van der Waals surface area contributed by atoms with Crippen LogP contribution in [0.1, 0.15) is 28.9 Å². The number of anilines is 2. The number of benzene rings is 1. The molecule has 0 unspecified atom stereocenters. The number of halogens is 1. The number of ether oxygens (including phenoxy) is 1. The number of thiazole rings is 1. The van der Waals surface area contributed by atoms with Gasteiger partial charge in [-0.2, -0.15) is 0 Å². The number of methoxy groups -OCH3 is 1. The van der Waals surface area contributed by atoms with E-state index in [1.807, 2.05) is 0 Å². The number of nitrogens with one attached hydrogen (secondary N) is 1. The number of nitrogens with zero attached hydrogens (tertiary/aromatic N) is 2. The molecule has 0 aliphatic carbocycles. The van der Waals surface area contributed by atoms with Crippen LogP contribution in [0.5, 0.6) is 0 Å². The first-order valence-electron chi connectivity index (χ1n) is 7.90. The van der Waals surface area contributed by atoms with Gasteiger partial charge in [-0.15, -0.1) is 11.3 Å². The molecule has 1 fully saturated rings. The molecule has 2 amide bonds. The number of carbonyl (C=O) groups is 3. The van der Waals surface area contributed by atoms with Gasteiger partial charge in [0.05, 0.1) is 35.5 Å². The fourth-order valence-corrected chi connectivity index (χ4v) is 3.61. The van der Waals surface area contributed by atoms with E-state index in [0.717, 1.165) is 6.42 Å². The summed E-state index contributed by atoms with van der Waals surface area (Å²) >= 11 is 7.41. The topological polar surface area (TPSA) is 88.6 Å². The van der Waals surface area contributed by atoms with Gasteiger partial charge in [0, 0.05) is 18.3 Å². The lowest BCUT2D eigenvalue weighted by atomic mass is 10.2. The number of aromatic nitrogens is 1. The van der Waals surface area contributed by atoms with Gasteiger partial charge in [0.15, 0.2) is 5.13 Å². The predicted octanol–water partition coefficient (Wildman–Crippen LogP) is 2.89. The van der Waals surface area contributed by atoms with E-state index in [-0.39, 0.29) is 23.8 Å². The van der Waals surface area contributed by atoms with E-state index in [9.17, 15) is 14.4 Å². The third kappa shape index (κ3) is 4.03. The summed E-state index contributed by atoms with van der Waals surface area (Å²) in [6.07, 6.45) is 1.39. The summed E-state index contributed by atoms with van der Waals surface area (Å²) in [4.78, 5) is 41.6. The predicted molar refractivity (Wildman–Crippen MR) is 98.8 cm³/mol. The molecule has 26 heavy (non-hydrogen) atoms. The monoisotopic (exact) mass is 393 g/mol. The van der Waals surface area contributed by atoms with Crippen molar-refractivity contribution in [1.82, 2.24) is 4.98 Å². The van der Waals surface area contributed by atoms with Gasteiger partial charge in [-0.25, -0.2) is 9.78 Å². The van der Waals surface area contributed by atoms with Crippen LogP contribution in [0.15, 0.2) is 23.6 Å². The SMILES string of the molecule is COC(=O)c1ccc(Cl)c(NC(=O)Cc2csc(N3CCCC3=O)n2)c1.